The lowest BCUT2D eigenvalue weighted by atomic mass is 9.81. The summed E-state index contributed by atoms with van der Waals surface area (Å²) >= 11 is 0. The number of carbonyl (C=O) groups excluding carboxylic acids is 1. The maximum absolute atomic E-state index is 11.5. The van der Waals surface area contributed by atoms with Crippen LogP contribution < -0.4 is 5.32 Å². The highest BCUT2D eigenvalue weighted by atomic mass is 16.7. The molecule has 6 N–H and O–H groups in total. The standard InChI is InChI=1S/C24H47NO11/c1-16(33-14-20(30)35-17(12-26)10-23(2,3)4)9-24(5,6)11-18(13-27)36-21(31)15-34-22(32)25-8-7-19(28)29/h16-18,20-21,26-27,30-31H,7-15H2,1-6H3,(H,25,32)(H,28,29). The van der Waals surface area contributed by atoms with Gasteiger partial charge in [-0.25, -0.2) is 4.79 Å². The molecule has 0 saturated heterocycles. The molecule has 0 heterocycles. The van der Waals surface area contributed by atoms with Gasteiger partial charge in [-0.15, -0.1) is 0 Å². The molecule has 12 nitrogen and oxygen atoms in total. The van der Waals surface area contributed by atoms with Gasteiger partial charge in [-0.05, 0) is 37.0 Å². The van der Waals surface area contributed by atoms with Crippen molar-refractivity contribution in [1.29, 1.82) is 0 Å². The molecule has 0 bridgehead atoms. The van der Waals surface area contributed by atoms with Crippen molar-refractivity contribution in [3.05, 3.63) is 0 Å². The van der Waals surface area contributed by atoms with E-state index in [9.17, 15) is 30.0 Å². The van der Waals surface area contributed by atoms with E-state index < -0.39 is 43.5 Å². The Balaban J connectivity index is 4.46. The van der Waals surface area contributed by atoms with Crippen molar-refractivity contribution in [2.24, 2.45) is 10.8 Å². The predicted octanol–water partition coefficient (Wildman–Crippen LogP) is 1.23. The van der Waals surface area contributed by atoms with E-state index in [0.29, 0.717) is 19.3 Å². The second-order valence-electron chi connectivity index (χ2n) is 10.9. The zero-order valence-electron chi connectivity index (χ0n) is 22.4. The number of ether oxygens (including phenoxy) is 4. The van der Waals surface area contributed by atoms with Crippen molar-refractivity contribution in [3.8, 4) is 0 Å². The Morgan fingerprint density at radius 3 is 1.89 bits per heavy atom. The van der Waals surface area contributed by atoms with Crippen LogP contribution in [-0.2, 0) is 23.7 Å². The molecule has 5 atom stereocenters. The Kier molecular flexibility index (Phi) is 16.3. The Bertz CT molecular complexity index is 624. The molecule has 5 unspecified atom stereocenters. The molecule has 0 saturated carbocycles. The molecular formula is C24H47NO11. The first kappa shape index (κ1) is 34.5. The second kappa shape index (κ2) is 17.1. The lowest BCUT2D eigenvalue weighted by molar-refractivity contribution is -0.189. The van der Waals surface area contributed by atoms with Crippen molar-refractivity contribution >= 4 is 12.1 Å². The molecule has 12 heteroatoms. The van der Waals surface area contributed by atoms with Gasteiger partial charge < -0.3 is 49.8 Å². The number of carboxylic acid groups (broad SMARTS) is 1. The van der Waals surface area contributed by atoms with Crippen LogP contribution in [0, 0.1) is 10.8 Å². The van der Waals surface area contributed by atoms with Gasteiger partial charge in [-0.1, -0.05) is 34.6 Å². The maximum atomic E-state index is 11.5. The molecule has 214 valence electrons. The van der Waals surface area contributed by atoms with Gasteiger partial charge in [-0.3, -0.25) is 4.79 Å². The minimum atomic E-state index is -1.48. The average molecular weight is 526 g/mol. The molecule has 0 aromatic carbocycles. The van der Waals surface area contributed by atoms with E-state index in [2.05, 4.69) is 5.32 Å². The van der Waals surface area contributed by atoms with Gasteiger partial charge in [-0.2, -0.15) is 0 Å². The van der Waals surface area contributed by atoms with Crippen LogP contribution in [0.1, 0.15) is 67.2 Å². The molecule has 36 heavy (non-hydrogen) atoms. The number of hydrogen-bond acceptors (Lipinski definition) is 10. The molecule has 0 rings (SSSR count). The number of aliphatic carboxylic acids is 1. The number of alkyl carbamates (subject to hydrolysis) is 1. The Morgan fingerprint density at radius 1 is 0.861 bits per heavy atom. The minimum absolute atomic E-state index is 0.0648. The topological polar surface area (TPSA) is 184 Å². The number of carbonyl (C=O) groups is 2. The van der Waals surface area contributed by atoms with E-state index in [-0.39, 0.29) is 49.7 Å². The van der Waals surface area contributed by atoms with Gasteiger partial charge in [0, 0.05) is 6.54 Å². The van der Waals surface area contributed by atoms with Gasteiger partial charge >= 0.3 is 12.1 Å². The van der Waals surface area contributed by atoms with Crippen molar-refractivity contribution in [3.63, 3.8) is 0 Å². The van der Waals surface area contributed by atoms with Crippen LogP contribution >= 0.6 is 0 Å². The summed E-state index contributed by atoms with van der Waals surface area (Å²) in [5.41, 5.74) is -0.446. The van der Waals surface area contributed by atoms with E-state index in [1.165, 1.54) is 0 Å². The van der Waals surface area contributed by atoms with Crippen molar-refractivity contribution < 1.29 is 54.1 Å². The number of aliphatic hydroxyl groups is 4. The van der Waals surface area contributed by atoms with Crippen LogP contribution in [0.15, 0.2) is 0 Å². The molecule has 0 radical (unpaired) electrons. The zero-order chi connectivity index (χ0) is 27.9. The van der Waals surface area contributed by atoms with E-state index in [1.807, 2.05) is 41.5 Å². The maximum Gasteiger partial charge on any atom is 0.407 e. The largest absolute Gasteiger partial charge is 0.481 e. The highest BCUT2D eigenvalue weighted by Crippen LogP contribution is 2.31. The zero-order valence-corrected chi connectivity index (χ0v) is 22.4. The molecule has 0 spiro atoms. The van der Waals surface area contributed by atoms with Crippen LogP contribution in [0.4, 0.5) is 4.79 Å². The Hall–Kier alpha value is -1.54. The summed E-state index contributed by atoms with van der Waals surface area (Å²) in [6.45, 7) is 10.5. The Morgan fingerprint density at radius 2 is 1.39 bits per heavy atom. The molecular weight excluding hydrogens is 478 g/mol. The summed E-state index contributed by atoms with van der Waals surface area (Å²) in [7, 11) is 0. The SMILES string of the molecule is CC(CC(C)(C)CC(CO)OC(O)COC(=O)NCCC(=O)O)OCC(O)OC(CO)CC(C)(C)C. The minimum Gasteiger partial charge on any atom is -0.481 e. The van der Waals surface area contributed by atoms with Crippen molar-refractivity contribution in [2.45, 2.75) is 98.1 Å². The first-order chi connectivity index (χ1) is 16.6. The van der Waals surface area contributed by atoms with Crippen molar-refractivity contribution in [2.75, 3.05) is 33.0 Å². The van der Waals surface area contributed by atoms with Gasteiger partial charge in [0.25, 0.3) is 0 Å². The third kappa shape index (κ3) is 18.7. The lowest BCUT2D eigenvalue weighted by Gasteiger charge is -2.32. The predicted molar refractivity (Wildman–Crippen MR) is 130 cm³/mol. The van der Waals surface area contributed by atoms with Crippen LogP contribution in [0.2, 0.25) is 0 Å². The summed E-state index contributed by atoms with van der Waals surface area (Å²) in [5, 5.41) is 50.0. The average Bonchev–Trinajstić information content (AvgIpc) is 2.73. The first-order valence-electron chi connectivity index (χ1n) is 12.2. The number of amides is 1. The quantitative estimate of drug-likeness (QED) is 0.133. The normalized spacial score (nSPS) is 16.6. The van der Waals surface area contributed by atoms with Crippen molar-refractivity contribution in [1.82, 2.24) is 5.32 Å². The summed E-state index contributed by atoms with van der Waals surface area (Å²) in [6.07, 6.45) is -3.82. The number of carboxylic acids is 1. The van der Waals surface area contributed by atoms with E-state index in [1.54, 1.807) is 0 Å². The highest BCUT2D eigenvalue weighted by molar-refractivity contribution is 5.70. The smallest absolute Gasteiger partial charge is 0.407 e. The third-order valence-corrected chi connectivity index (χ3v) is 5.06. The fraction of sp³-hybridized carbons (Fsp3) is 0.917. The highest BCUT2D eigenvalue weighted by Gasteiger charge is 2.28. The Labute approximate surface area is 213 Å². The lowest BCUT2D eigenvalue weighted by Crippen LogP contribution is -2.36. The van der Waals surface area contributed by atoms with Crippen LogP contribution in [0.3, 0.4) is 0 Å². The molecule has 0 aliphatic carbocycles. The molecule has 0 fully saturated rings. The monoisotopic (exact) mass is 525 g/mol. The fourth-order valence-electron chi connectivity index (χ4n) is 3.77. The molecule has 0 aromatic rings. The third-order valence-electron chi connectivity index (χ3n) is 5.06. The van der Waals surface area contributed by atoms with Gasteiger partial charge in [0.05, 0.1) is 44.6 Å². The number of aliphatic hydroxyl groups excluding tert-OH is 4. The first-order valence-corrected chi connectivity index (χ1v) is 12.2. The molecule has 1 amide bonds. The summed E-state index contributed by atoms with van der Waals surface area (Å²) in [5.74, 6) is -1.07. The second-order valence-corrected chi connectivity index (χ2v) is 10.9. The van der Waals surface area contributed by atoms with E-state index in [0.717, 1.165) is 0 Å². The van der Waals surface area contributed by atoms with Gasteiger partial charge in [0.1, 0.15) is 6.61 Å². The van der Waals surface area contributed by atoms with Gasteiger partial charge in [0.15, 0.2) is 12.6 Å². The summed E-state index contributed by atoms with van der Waals surface area (Å²) < 4.78 is 21.4. The number of rotatable bonds is 19. The number of nitrogens with one attached hydrogen (secondary N) is 1. The number of hydrogen-bond donors (Lipinski definition) is 6. The molecule has 0 aliphatic heterocycles. The van der Waals surface area contributed by atoms with E-state index in [4.69, 9.17) is 24.1 Å². The summed E-state index contributed by atoms with van der Waals surface area (Å²) in [4.78, 5) is 21.9. The fourth-order valence-corrected chi connectivity index (χ4v) is 3.77. The van der Waals surface area contributed by atoms with Crippen LogP contribution in [0.5, 0.6) is 0 Å². The van der Waals surface area contributed by atoms with E-state index >= 15 is 0 Å². The summed E-state index contributed by atoms with van der Waals surface area (Å²) in [6, 6.07) is 0. The van der Waals surface area contributed by atoms with Gasteiger partial charge in [0.2, 0.25) is 0 Å². The van der Waals surface area contributed by atoms with Crippen LogP contribution in [-0.4, -0.2) is 101 Å². The van der Waals surface area contributed by atoms with Crippen LogP contribution in [0.25, 0.3) is 0 Å². The molecule has 0 aliphatic rings. The molecule has 0 aromatic heterocycles.